The molecule has 2 aromatic carbocycles. The number of ether oxygens (including phenoxy) is 2. The number of ketones is 1. The Balaban J connectivity index is 2.04. The van der Waals surface area contributed by atoms with Gasteiger partial charge in [-0.1, -0.05) is 12.1 Å². The molecule has 0 bridgehead atoms. The van der Waals surface area contributed by atoms with E-state index in [0.717, 1.165) is 13.2 Å². The van der Waals surface area contributed by atoms with Gasteiger partial charge in [-0.2, -0.15) is 0 Å². The van der Waals surface area contributed by atoms with Crippen molar-refractivity contribution in [3.05, 3.63) is 59.2 Å². The first-order valence-corrected chi connectivity index (χ1v) is 9.07. The molecular weight excluding hydrogens is 360 g/mol. The molecule has 1 aliphatic heterocycles. The summed E-state index contributed by atoms with van der Waals surface area (Å²) < 4.78 is 35.0. The molecule has 0 fully saturated rings. The fourth-order valence-corrected chi connectivity index (χ4v) is 4.33. The van der Waals surface area contributed by atoms with Crippen LogP contribution in [0, 0.1) is 0 Å². The van der Waals surface area contributed by atoms with Gasteiger partial charge in [0.15, 0.2) is 11.9 Å². The van der Waals surface area contributed by atoms with Gasteiger partial charge in [-0.05, 0) is 37.3 Å². The maximum absolute atomic E-state index is 12.8. The molecular formula is C18H14O7S. The molecule has 0 aromatic heterocycles. The number of methoxy groups -OCH3 is 1. The molecule has 0 amide bonds. The Hall–Kier alpha value is -3.00. The fraction of sp³-hybridized carbons (Fsp3) is 0.167. The summed E-state index contributed by atoms with van der Waals surface area (Å²) in [5, 5.41) is 0. The average molecular weight is 374 g/mol. The highest BCUT2D eigenvalue weighted by Crippen LogP contribution is 2.34. The van der Waals surface area contributed by atoms with E-state index in [1.807, 2.05) is 0 Å². The Morgan fingerprint density at radius 1 is 1.00 bits per heavy atom. The van der Waals surface area contributed by atoms with Crippen LogP contribution in [0.3, 0.4) is 0 Å². The van der Waals surface area contributed by atoms with Crippen molar-refractivity contribution in [2.45, 2.75) is 22.8 Å². The summed E-state index contributed by atoms with van der Waals surface area (Å²) in [7, 11) is -2.81. The lowest BCUT2D eigenvalue weighted by atomic mass is 10.0. The second kappa shape index (κ2) is 6.38. The molecule has 3 rings (SSSR count). The zero-order valence-corrected chi connectivity index (χ0v) is 14.7. The molecule has 0 radical (unpaired) electrons. The summed E-state index contributed by atoms with van der Waals surface area (Å²) in [6.45, 7) is 1.33. The Kier molecular flexibility index (Phi) is 4.37. The number of sulfone groups is 1. The van der Waals surface area contributed by atoms with Gasteiger partial charge in [-0.3, -0.25) is 4.79 Å². The second-order valence-electron chi connectivity index (χ2n) is 5.61. The van der Waals surface area contributed by atoms with Gasteiger partial charge in [0, 0.05) is 11.1 Å². The number of carbonyl (C=O) groups is 3. The third-order valence-electron chi connectivity index (χ3n) is 3.99. The highest BCUT2D eigenvalue weighted by atomic mass is 32.2. The van der Waals surface area contributed by atoms with Crippen molar-refractivity contribution >= 4 is 27.6 Å². The minimum Gasteiger partial charge on any atom is -0.466 e. The Morgan fingerprint density at radius 3 is 2.35 bits per heavy atom. The molecule has 134 valence electrons. The standard InChI is InChI=1S/C18H14O7S/c1-10(17(20)24-2)25-18(21)11-7-8-13-15(9-11)26(22,23)14-6-4-3-5-12(14)16(13)19/h3-10H,1-2H3/t10-/m0/s1. The van der Waals surface area contributed by atoms with Crippen LogP contribution in [0.2, 0.25) is 0 Å². The van der Waals surface area contributed by atoms with Crippen molar-refractivity contribution in [3.8, 4) is 0 Å². The Bertz CT molecular complexity index is 1040. The molecule has 2 aromatic rings. The van der Waals surface area contributed by atoms with Crippen LogP contribution in [0.5, 0.6) is 0 Å². The van der Waals surface area contributed by atoms with Crippen molar-refractivity contribution in [1.29, 1.82) is 0 Å². The number of rotatable bonds is 3. The summed E-state index contributed by atoms with van der Waals surface area (Å²) in [5.74, 6) is -2.08. The van der Waals surface area contributed by atoms with E-state index in [-0.39, 0.29) is 26.5 Å². The minimum atomic E-state index is -3.96. The molecule has 8 heteroatoms. The number of carbonyl (C=O) groups excluding carboxylic acids is 3. The van der Waals surface area contributed by atoms with Crippen LogP contribution in [0.15, 0.2) is 52.3 Å². The number of fused-ring (bicyclic) bond motifs is 2. The number of hydrogen-bond acceptors (Lipinski definition) is 7. The molecule has 0 saturated heterocycles. The van der Waals surface area contributed by atoms with E-state index in [0.29, 0.717) is 0 Å². The second-order valence-corrected chi connectivity index (χ2v) is 7.50. The van der Waals surface area contributed by atoms with Gasteiger partial charge in [-0.15, -0.1) is 0 Å². The van der Waals surface area contributed by atoms with Crippen LogP contribution < -0.4 is 0 Å². The third kappa shape index (κ3) is 2.78. The number of esters is 2. The van der Waals surface area contributed by atoms with Crippen LogP contribution in [-0.2, 0) is 24.1 Å². The van der Waals surface area contributed by atoms with E-state index in [4.69, 9.17) is 4.74 Å². The minimum absolute atomic E-state index is 0.0127. The Labute approximate surface area is 149 Å². The molecule has 0 spiro atoms. The summed E-state index contributed by atoms with van der Waals surface area (Å²) in [6, 6.07) is 9.53. The van der Waals surface area contributed by atoms with Crippen LogP contribution in [-0.4, -0.2) is 39.4 Å². The molecule has 0 N–H and O–H groups in total. The monoisotopic (exact) mass is 374 g/mol. The summed E-state index contributed by atoms with van der Waals surface area (Å²) >= 11 is 0. The predicted molar refractivity (Wildman–Crippen MR) is 88.7 cm³/mol. The smallest absolute Gasteiger partial charge is 0.346 e. The van der Waals surface area contributed by atoms with Gasteiger partial charge in [0.25, 0.3) is 0 Å². The summed E-state index contributed by atoms with van der Waals surface area (Å²) in [5.41, 5.74) is -0.00818. The normalized spacial score (nSPS) is 15.4. The van der Waals surface area contributed by atoms with Crippen LogP contribution >= 0.6 is 0 Å². The van der Waals surface area contributed by atoms with E-state index < -0.39 is 33.7 Å². The molecule has 1 atom stereocenters. The van der Waals surface area contributed by atoms with Crippen molar-refractivity contribution in [2.24, 2.45) is 0 Å². The van der Waals surface area contributed by atoms with Crippen molar-refractivity contribution in [3.63, 3.8) is 0 Å². The summed E-state index contributed by atoms with van der Waals surface area (Å²) in [4.78, 5) is 35.7. The van der Waals surface area contributed by atoms with E-state index in [9.17, 15) is 22.8 Å². The SMILES string of the molecule is COC(=O)[C@H](C)OC(=O)c1ccc2c(c1)S(=O)(=O)c1ccccc1C2=O. The van der Waals surface area contributed by atoms with Crippen molar-refractivity contribution in [1.82, 2.24) is 0 Å². The van der Waals surface area contributed by atoms with Crippen molar-refractivity contribution in [2.75, 3.05) is 7.11 Å². The van der Waals surface area contributed by atoms with Gasteiger partial charge in [0.05, 0.1) is 22.5 Å². The Morgan fingerprint density at radius 2 is 1.65 bits per heavy atom. The first-order chi connectivity index (χ1) is 12.3. The molecule has 1 heterocycles. The zero-order chi connectivity index (χ0) is 19.1. The lowest BCUT2D eigenvalue weighted by Gasteiger charge is -2.19. The molecule has 0 saturated carbocycles. The topological polar surface area (TPSA) is 104 Å². The number of benzene rings is 2. The largest absolute Gasteiger partial charge is 0.466 e. The highest BCUT2D eigenvalue weighted by Gasteiger charge is 2.35. The highest BCUT2D eigenvalue weighted by molar-refractivity contribution is 7.91. The number of hydrogen-bond donors (Lipinski definition) is 0. The zero-order valence-electron chi connectivity index (χ0n) is 13.9. The van der Waals surface area contributed by atoms with Gasteiger partial charge in [0.1, 0.15) is 0 Å². The molecule has 26 heavy (non-hydrogen) atoms. The van der Waals surface area contributed by atoms with E-state index in [1.54, 1.807) is 6.07 Å². The lowest BCUT2D eigenvalue weighted by molar-refractivity contribution is -0.149. The van der Waals surface area contributed by atoms with Crippen LogP contribution in [0.25, 0.3) is 0 Å². The molecule has 0 aliphatic carbocycles. The van der Waals surface area contributed by atoms with Gasteiger partial charge >= 0.3 is 11.9 Å². The maximum atomic E-state index is 12.8. The molecule has 1 aliphatic rings. The van der Waals surface area contributed by atoms with E-state index >= 15 is 0 Å². The predicted octanol–water partition coefficient (Wildman–Crippen LogP) is 1.78. The maximum Gasteiger partial charge on any atom is 0.346 e. The lowest BCUT2D eigenvalue weighted by Crippen LogP contribution is -2.26. The molecule has 0 unspecified atom stereocenters. The van der Waals surface area contributed by atoms with Gasteiger partial charge < -0.3 is 9.47 Å². The average Bonchev–Trinajstić information content (AvgIpc) is 2.65. The van der Waals surface area contributed by atoms with Gasteiger partial charge in [0.2, 0.25) is 9.84 Å². The molecule has 7 nitrogen and oxygen atoms in total. The van der Waals surface area contributed by atoms with E-state index in [2.05, 4.69) is 4.74 Å². The van der Waals surface area contributed by atoms with Crippen LogP contribution in [0.4, 0.5) is 0 Å². The quantitative estimate of drug-likeness (QED) is 0.644. The first-order valence-electron chi connectivity index (χ1n) is 7.59. The fourth-order valence-electron chi connectivity index (χ4n) is 2.65. The summed E-state index contributed by atoms with van der Waals surface area (Å²) in [6.07, 6.45) is -1.15. The van der Waals surface area contributed by atoms with Crippen molar-refractivity contribution < 1.29 is 32.3 Å². The first kappa shape index (κ1) is 17.8. The van der Waals surface area contributed by atoms with E-state index in [1.165, 1.54) is 37.3 Å². The third-order valence-corrected chi connectivity index (χ3v) is 5.84. The van der Waals surface area contributed by atoms with Crippen LogP contribution in [0.1, 0.15) is 33.2 Å². The van der Waals surface area contributed by atoms with Gasteiger partial charge in [-0.25, -0.2) is 18.0 Å².